The van der Waals surface area contributed by atoms with Gasteiger partial charge in [-0.25, -0.2) is 9.59 Å². The van der Waals surface area contributed by atoms with E-state index in [1.54, 1.807) is 4.90 Å². The van der Waals surface area contributed by atoms with E-state index in [-0.39, 0.29) is 11.5 Å². The molecule has 0 N–H and O–H groups in total. The number of nitrogens with zero attached hydrogens (tertiary/aromatic N) is 3. The van der Waals surface area contributed by atoms with Gasteiger partial charge in [-0.2, -0.15) is 0 Å². The van der Waals surface area contributed by atoms with Crippen LogP contribution >= 0.6 is 0 Å². The Morgan fingerprint density at radius 3 is 2.12 bits per heavy atom. The van der Waals surface area contributed by atoms with Gasteiger partial charge in [-0.15, -0.1) is 0 Å². The van der Waals surface area contributed by atoms with Crippen molar-refractivity contribution in [3.63, 3.8) is 0 Å². The first kappa shape index (κ1) is 22.0. The van der Waals surface area contributed by atoms with Crippen LogP contribution in [0, 0.1) is 0 Å². The second-order valence-corrected chi connectivity index (χ2v) is 7.77. The standard InChI is InChI=1S/C25H23N3O5/c1-26-15-19(24(31)27(2)25(26)32)13-14-23(30)33-16-22(29)28-20-9-5-3-7-17(20)11-12-18-8-4-6-10-21(18)28/h3-10,13-15H,11-12,16H2,1-2H3/b14-13+. The van der Waals surface area contributed by atoms with Gasteiger partial charge in [-0.05, 0) is 42.2 Å². The molecule has 0 spiro atoms. The minimum Gasteiger partial charge on any atom is -0.452 e. The quantitative estimate of drug-likeness (QED) is 0.453. The third-order valence-corrected chi connectivity index (χ3v) is 5.59. The number of ether oxygens (including phenoxy) is 1. The average molecular weight is 445 g/mol. The Morgan fingerprint density at radius 1 is 0.939 bits per heavy atom. The molecule has 1 aliphatic rings. The smallest absolute Gasteiger partial charge is 0.331 e. The van der Waals surface area contributed by atoms with Crippen LogP contribution in [0.1, 0.15) is 16.7 Å². The summed E-state index contributed by atoms with van der Waals surface area (Å²) in [4.78, 5) is 51.0. The number of benzene rings is 2. The Morgan fingerprint density at radius 2 is 1.52 bits per heavy atom. The zero-order valence-electron chi connectivity index (χ0n) is 18.4. The van der Waals surface area contributed by atoms with Crippen molar-refractivity contribution in [1.29, 1.82) is 0 Å². The summed E-state index contributed by atoms with van der Waals surface area (Å²) in [5, 5.41) is 0. The van der Waals surface area contributed by atoms with Gasteiger partial charge in [0.05, 0.1) is 16.9 Å². The van der Waals surface area contributed by atoms with Crippen LogP contribution in [-0.2, 0) is 41.3 Å². The highest BCUT2D eigenvalue weighted by molar-refractivity contribution is 6.04. The molecule has 0 unspecified atom stereocenters. The molecular weight excluding hydrogens is 422 g/mol. The van der Waals surface area contributed by atoms with Crippen molar-refractivity contribution in [1.82, 2.24) is 9.13 Å². The summed E-state index contributed by atoms with van der Waals surface area (Å²) >= 11 is 0. The van der Waals surface area contributed by atoms with E-state index in [9.17, 15) is 19.2 Å². The van der Waals surface area contributed by atoms with Gasteiger partial charge in [-0.3, -0.25) is 19.1 Å². The van der Waals surface area contributed by atoms with E-state index < -0.39 is 23.8 Å². The second kappa shape index (κ2) is 9.12. The third-order valence-electron chi connectivity index (χ3n) is 5.59. The van der Waals surface area contributed by atoms with Crippen LogP contribution < -0.4 is 16.1 Å². The third kappa shape index (κ3) is 4.41. The van der Waals surface area contributed by atoms with Gasteiger partial charge in [0.1, 0.15) is 0 Å². The topological polar surface area (TPSA) is 90.6 Å². The van der Waals surface area contributed by atoms with Gasteiger partial charge in [0.15, 0.2) is 6.61 Å². The van der Waals surface area contributed by atoms with E-state index in [4.69, 9.17) is 4.74 Å². The molecule has 0 saturated heterocycles. The number of carbonyl (C=O) groups excluding carboxylic acids is 2. The number of aryl methyl sites for hydroxylation is 3. The maximum Gasteiger partial charge on any atom is 0.331 e. The van der Waals surface area contributed by atoms with Gasteiger partial charge < -0.3 is 9.30 Å². The first-order valence-corrected chi connectivity index (χ1v) is 10.5. The van der Waals surface area contributed by atoms with Crippen LogP contribution in [0.25, 0.3) is 6.08 Å². The average Bonchev–Trinajstić information content (AvgIpc) is 2.99. The summed E-state index contributed by atoms with van der Waals surface area (Å²) < 4.78 is 7.37. The summed E-state index contributed by atoms with van der Waals surface area (Å²) in [6.45, 7) is -0.461. The Labute approximate surface area is 190 Å². The predicted octanol–water partition coefficient (Wildman–Crippen LogP) is 2.10. The van der Waals surface area contributed by atoms with Crippen LogP contribution in [0.4, 0.5) is 11.4 Å². The largest absolute Gasteiger partial charge is 0.452 e. The van der Waals surface area contributed by atoms with Gasteiger partial charge >= 0.3 is 11.7 Å². The molecule has 0 fully saturated rings. The van der Waals surface area contributed by atoms with Gasteiger partial charge in [0.2, 0.25) is 0 Å². The van der Waals surface area contributed by atoms with Crippen molar-refractivity contribution in [3.8, 4) is 0 Å². The van der Waals surface area contributed by atoms with Crippen molar-refractivity contribution in [3.05, 3.63) is 98.3 Å². The zero-order chi connectivity index (χ0) is 23.5. The molecule has 8 heteroatoms. The van der Waals surface area contributed by atoms with E-state index in [2.05, 4.69) is 0 Å². The van der Waals surface area contributed by atoms with Crippen molar-refractivity contribution in [2.24, 2.45) is 14.1 Å². The maximum atomic E-state index is 13.2. The Balaban J connectivity index is 1.53. The molecule has 33 heavy (non-hydrogen) atoms. The molecule has 0 saturated carbocycles. The molecular formula is C25H23N3O5. The van der Waals surface area contributed by atoms with Crippen molar-refractivity contribution < 1.29 is 14.3 Å². The molecule has 0 aliphatic carbocycles. The first-order chi connectivity index (χ1) is 15.9. The Kier molecular flexibility index (Phi) is 6.08. The predicted molar refractivity (Wildman–Crippen MR) is 124 cm³/mol. The molecule has 2 heterocycles. The number of rotatable bonds is 4. The van der Waals surface area contributed by atoms with E-state index in [1.165, 1.54) is 30.9 Å². The van der Waals surface area contributed by atoms with E-state index in [1.807, 2.05) is 48.5 Å². The van der Waals surface area contributed by atoms with Crippen molar-refractivity contribution in [2.75, 3.05) is 11.5 Å². The summed E-state index contributed by atoms with van der Waals surface area (Å²) in [6.07, 6.45) is 5.27. The van der Waals surface area contributed by atoms with Crippen LogP contribution in [0.15, 0.2) is 70.4 Å². The number of esters is 1. The molecule has 168 valence electrons. The number of carbonyl (C=O) groups is 2. The molecule has 0 radical (unpaired) electrons. The minimum atomic E-state index is -0.768. The lowest BCUT2D eigenvalue weighted by Gasteiger charge is -2.24. The van der Waals surface area contributed by atoms with Crippen molar-refractivity contribution >= 4 is 29.3 Å². The molecule has 0 bridgehead atoms. The minimum absolute atomic E-state index is 0.151. The van der Waals surface area contributed by atoms with Gasteiger partial charge in [0, 0.05) is 26.4 Å². The Bertz CT molecular complexity index is 1340. The SMILES string of the molecule is Cn1cc(/C=C/C(=O)OCC(=O)N2c3ccccc3CCc3ccccc32)c(=O)n(C)c1=O. The van der Waals surface area contributed by atoms with Crippen LogP contribution in [-0.4, -0.2) is 27.6 Å². The number of para-hydroxylation sites is 2. The molecule has 1 aromatic heterocycles. The fraction of sp³-hybridized carbons (Fsp3) is 0.200. The molecule has 0 atom stereocenters. The lowest BCUT2D eigenvalue weighted by molar-refractivity contribution is -0.142. The van der Waals surface area contributed by atoms with Crippen molar-refractivity contribution in [2.45, 2.75) is 12.8 Å². The number of anilines is 2. The number of fused-ring (bicyclic) bond motifs is 2. The summed E-state index contributed by atoms with van der Waals surface area (Å²) in [5.74, 6) is -1.15. The monoisotopic (exact) mass is 445 g/mol. The van der Waals surface area contributed by atoms with E-state index in [0.29, 0.717) is 0 Å². The fourth-order valence-electron chi connectivity index (χ4n) is 3.90. The molecule has 3 aromatic rings. The van der Waals surface area contributed by atoms with Gasteiger partial charge in [-0.1, -0.05) is 36.4 Å². The number of aromatic nitrogens is 2. The van der Waals surface area contributed by atoms with E-state index in [0.717, 1.165) is 46.0 Å². The van der Waals surface area contributed by atoms with Crippen LogP contribution in [0.5, 0.6) is 0 Å². The van der Waals surface area contributed by atoms with Crippen LogP contribution in [0.3, 0.4) is 0 Å². The highest BCUT2D eigenvalue weighted by Gasteiger charge is 2.26. The molecule has 1 amide bonds. The summed E-state index contributed by atoms with van der Waals surface area (Å²) in [5.41, 5.74) is 2.77. The molecule has 8 nitrogen and oxygen atoms in total. The normalized spacial score (nSPS) is 12.7. The number of amides is 1. The second-order valence-electron chi connectivity index (χ2n) is 7.77. The van der Waals surface area contributed by atoms with E-state index >= 15 is 0 Å². The number of hydrogen-bond acceptors (Lipinski definition) is 5. The molecule has 4 rings (SSSR count). The maximum absolute atomic E-state index is 13.2. The lowest BCUT2D eigenvalue weighted by atomic mass is 10.0. The Hall–Kier alpha value is -4.20. The van der Waals surface area contributed by atoms with Gasteiger partial charge in [0.25, 0.3) is 11.5 Å². The zero-order valence-corrected chi connectivity index (χ0v) is 18.4. The van der Waals surface area contributed by atoms with Crippen LogP contribution in [0.2, 0.25) is 0 Å². The summed E-state index contributed by atoms with van der Waals surface area (Å²) in [7, 11) is 2.86. The highest BCUT2D eigenvalue weighted by atomic mass is 16.5. The molecule has 1 aliphatic heterocycles. The lowest BCUT2D eigenvalue weighted by Crippen LogP contribution is -2.37. The highest BCUT2D eigenvalue weighted by Crippen LogP contribution is 2.35. The number of hydrogen-bond donors (Lipinski definition) is 0. The fourth-order valence-corrected chi connectivity index (χ4v) is 3.90. The summed E-state index contributed by atoms with van der Waals surface area (Å²) in [6, 6.07) is 15.4. The molecule has 2 aromatic carbocycles. The first-order valence-electron chi connectivity index (χ1n) is 10.5.